The molecule has 2 bridgehead atoms. The van der Waals surface area contributed by atoms with Crippen LogP contribution in [0.2, 0.25) is 0 Å². The second-order valence-electron chi connectivity index (χ2n) is 9.15. The molecule has 0 unspecified atom stereocenters. The first-order chi connectivity index (χ1) is 15.3. The van der Waals surface area contributed by atoms with Crippen molar-refractivity contribution in [2.75, 3.05) is 0 Å². The van der Waals surface area contributed by atoms with Gasteiger partial charge in [-0.05, 0) is 47.9 Å². The Balaban J connectivity index is 1.64. The third-order valence-corrected chi connectivity index (χ3v) is 7.24. The molecule has 5 rings (SSSR count). The van der Waals surface area contributed by atoms with Crippen molar-refractivity contribution in [2.45, 2.75) is 51.5 Å². The van der Waals surface area contributed by atoms with Crippen LogP contribution in [0.25, 0.3) is 11.3 Å². The number of nitrogens with zero attached hydrogens (tertiary/aromatic N) is 4. The molecule has 0 radical (unpaired) electrons. The molecule has 1 N–H and O–H groups in total. The highest BCUT2D eigenvalue weighted by Gasteiger charge is 2.65. The summed E-state index contributed by atoms with van der Waals surface area (Å²) in [6.45, 7) is 6.11. The smallest absolute Gasteiger partial charge is 0.217 e. The number of nitrogens with one attached hydrogen (secondary N) is 1. The maximum Gasteiger partial charge on any atom is 0.217 e. The Hall–Kier alpha value is -3.29. The van der Waals surface area contributed by atoms with Gasteiger partial charge in [-0.1, -0.05) is 19.9 Å². The Kier molecular flexibility index (Phi) is 4.58. The van der Waals surface area contributed by atoms with Crippen LogP contribution in [0, 0.1) is 17.0 Å². The van der Waals surface area contributed by atoms with E-state index in [9.17, 15) is 13.6 Å². The molecule has 1 saturated carbocycles. The number of benzene rings is 1. The molecule has 6 nitrogen and oxygen atoms in total. The Bertz CT molecular complexity index is 1220. The van der Waals surface area contributed by atoms with E-state index in [2.05, 4.69) is 34.3 Å². The van der Waals surface area contributed by atoms with Crippen LogP contribution in [-0.4, -0.2) is 26.1 Å². The lowest BCUT2D eigenvalue weighted by Crippen LogP contribution is -2.38. The van der Waals surface area contributed by atoms with Crippen LogP contribution in [0.5, 0.6) is 0 Å². The van der Waals surface area contributed by atoms with Gasteiger partial charge in [0.1, 0.15) is 11.6 Å². The number of carbonyl (C=O) groups is 1. The summed E-state index contributed by atoms with van der Waals surface area (Å²) in [5, 5.41) is 11.5. The summed E-state index contributed by atoms with van der Waals surface area (Å²) < 4.78 is 28.8. The SMILES string of the molecule is CC(=O)NCc1cncc([C@@]23CC[C@@H](c4cc(-c5c(F)cccc5F)nnc42)C3(C)C)n1. The average molecular weight is 435 g/mol. The Morgan fingerprint density at radius 3 is 2.66 bits per heavy atom. The van der Waals surface area contributed by atoms with Gasteiger partial charge in [0.25, 0.3) is 0 Å². The van der Waals surface area contributed by atoms with Gasteiger partial charge in [0.15, 0.2) is 0 Å². The van der Waals surface area contributed by atoms with E-state index in [4.69, 9.17) is 4.98 Å². The monoisotopic (exact) mass is 435 g/mol. The maximum absolute atomic E-state index is 14.4. The molecule has 164 valence electrons. The molecule has 1 amide bonds. The molecule has 2 aliphatic carbocycles. The Morgan fingerprint density at radius 2 is 1.94 bits per heavy atom. The number of carbonyl (C=O) groups excluding carboxylic acids is 1. The van der Waals surface area contributed by atoms with E-state index in [0.29, 0.717) is 12.2 Å². The van der Waals surface area contributed by atoms with Gasteiger partial charge < -0.3 is 5.32 Å². The van der Waals surface area contributed by atoms with E-state index < -0.39 is 17.0 Å². The van der Waals surface area contributed by atoms with Gasteiger partial charge in [0.2, 0.25) is 5.91 Å². The lowest BCUT2D eigenvalue weighted by molar-refractivity contribution is -0.119. The fourth-order valence-electron chi connectivity index (χ4n) is 5.67. The fourth-order valence-corrected chi connectivity index (χ4v) is 5.67. The number of halogens is 2. The van der Waals surface area contributed by atoms with Gasteiger partial charge in [-0.25, -0.2) is 8.78 Å². The van der Waals surface area contributed by atoms with Crippen molar-refractivity contribution in [3.8, 4) is 11.3 Å². The zero-order valence-electron chi connectivity index (χ0n) is 18.1. The van der Waals surface area contributed by atoms with E-state index >= 15 is 0 Å². The zero-order chi connectivity index (χ0) is 22.7. The number of aromatic nitrogens is 4. The normalized spacial score (nSPS) is 22.6. The molecular formula is C24H23F2N5O. The predicted octanol–water partition coefficient (Wildman–Crippen LogP) is 4.05. The molecule has 2 aliphatic rings. The van der Waals surface area contributed by atoms with Gasteiger partial charge in [0.05, 0.1) is 46.5 Å². The number of hydrogen-bond acceptors (Lipinski definition) is 5. The quantitative estimate of drug-likeness (QED) is 0.669. The lowest BCUT2D eigenvalue weighted by atomic mass is 9.66. The number of fused-ring (bicyclic) bond motifs is 5. The van der Waals surface area contributed by atoms with Gasteiger partial charge >= 0.3 is 0 Å². The van der Waals surface area contributed by atoms with Crippen molar-refractivity contribution in [1.29, 1.82) is 0 Å². The molecule has 2 aromatic heterocycles. The fraction of sp³-hybridized carbons (Fsp3) is 0.375. The van der Waals surface area contributed by atoms with E-state index in [0.717, 1.165) is 29.8 Å². The molecule has 2 heterocycles. The van der Waals surface area contributed by atoms with Gasteiger partial charge in [-0.3, -0.25) is 14.8 Å². The van der Waals surface area contributed by atoms with Crippen LogP contribution in [-0.2, 0) is 16.8 Å². The zero-order valence-corrected chi connectivity index (χ0v) is 18.1. The van der Waals surface area contributed by atoms with Crippen LogP contribution in [0.1, 0.15) is 62.2 Å². The van der Waals surface area contributed by atoms with Crippen molar-refractivity contribution in [3.05, 3.63) is 70.9 Å². The summed E-state index contributed by atoms with van der Waals surface area (Å²) in [4.78, 5) is 20.5. The first kappa shape index (κ1) is 20.6. The molecule has 2 atom stereocenters. The van der Waals surface area contributed by atoms with Gasteiger partial charge in [-0.2, -0.15) is 5.10 Å². The van der Waals surface area contributed by atoms with Crippen molar-refractivity contribution in [1.82, 2.24) is 25.5 Å². The topological polar surface area (TPSA) is 80.7 Å². The first-order valence-electron chi connectivity index (χ1n) is 10.6. The van der Waals surface area contributed by atoms with E-state index in [1.54, 1.807) is 18.5 Å². The highest BCUT2D eigenvalue weighted by atomic mass is 19.1. The van der Waals surface area contributed by atoms with Gasteiger partial charge in [0, 0.05) is 13.1 Å². The highest BCUT2D eigenvalue weighted by Crippen LogP contribution is 2.69. The second-order valence-corrected chi connectivity index (χ2v) is 9.15. The summed E-state index contributed by atoms with van der Waals surface area (Å²) in [5.74, 6) is -1.30. The standard InChI is InChI=1S/C24H23F2N5O/c1-13(32)28-11-14-10-27-12-20(29-14)24-8-7-16(23(24,2)3)15-9-19(30-31-22(15)24)21-17(25)5-4-6-18(21)26/h4-6,9-10,12,16H,7-8,11H2,1-3H3,(H,28,32)/t16-,24-/m0/s1. The Morgan fingerprint density at radius 1 is 1.19 bits per heavy atom. The average Bonchev–Trinajstić information content (AvgIpc) is 3.14. The van der Waals surface area contributed by atoms with Crippen LogP contribution in [0.15, 0.2) is 36.7 Å². The highest BCUT2D eigenvalue weighted by molar-refractivity contribution is 5.72. The van der Waals surface area contributed by atoms with Gasteiger partial charge in [-0.15, -0.1) is 5.10 Å². The molecule has 1 aromatic carbocycles. The van der Waals surface area contributed by atoms with Crippen molar-refractivity contribution >= 4 is 5.91 Å². The summed E-state index contributed by atoms with van der Waals surface area (Å²) in [6, 6.07) is 5.57. The molecule has 32 heavy (non-hydrogen) atoms. The minimum absolute atomic E-state index is 0.137. The van der Waals surface area contributed by atoms with Crippen molar-refractivity contribution in [3.63, 3.8) is 0 Å². The Labute approximate surface area is 184 Å². The summed E-state index contributed by atoms with van der Waals surface area (Å²) in [7, 11) is 0. The first-order valence-corrected chi connectivity index (χ1v) is 10.6. The minimum Gasteiger partial charge on any atom is -0.351 e. The van der Waals surface area contributed by atoms with E-state index in [-0.39, 0.29) is 28.5 Å². The number of amides is 1. The summed E-state index contributed by atoms with van der Waals surface area (Å²) in [6.07, 6.45) is 5.13. The third-order valence-electron chi connectivity index (χ3n) is 7.24. The number of rotatable bonds is 4. The predicted molar refractivity (Wildman–Crippen MR) is 113 cm³/mol. The van der Waals surface area contributed by atoms with E-state index in [1.807, 2.05) is 0 Å². The molecule has 0 spiro atoms. The van der Waals surface area contributed by atoms with Crippen LogP contribution in [0.3, 0.4) is 0 Å². The number of hydrogen-bond donors (Lipinski definition) is 1. The molecule has 1 fully saturated rings. The second kappa shape index (κ2) is 7.12. The lowest BCUT2D eigenvalue weighted by Gasteiger charge is -2.37. The van der Waals surface area contributed by atoms with Crippen molar-refractivity contribution < 1.29 is 13.6 Å². The maximum atomic E-state index is 14.4. The van der Waals surface area contributed by atoms with Crippen LogP contribution in [0.4, 0.5) is 8.78 Å². The van der Waals surface area contributed by atoms with Crippen LogP contribution < -0.4 is 5.32 Å². The molecule has 3 aromatic rings. The molecule has 0 aliphatic heterocycles. The minimum atomic E-state index is -0.659. The molecular weight excluding hydrogens is 412 g/mol. The summed E-state index contributed by atoms with van der Waals surface area (Å²) in [5.41, 5.74) is 2.50. The summed E-state index contributed by atoms with van der Waals surface area (Å²) >= 11 is 0. The van der Waals surface area contributed by atoms with E-state index in [1.165, 1.54) is 25.1 Å². The van der Waals surface area contributed by atoms with Crippen molar-refractivity contribution in [2.24, 2.45) is 5.41 Å². The molecule has 0 saturated heterocycles. The molecule has 8 heteroatoms. The third kappa shape index (κ3) is 2.78. The van der Waals surface area contributed by atoms with Crippen LogP contribution >= 0.6 is 0 Å². The largest absolute Gasteiger partial charge is 0.351 e.